The number of amides is 3. The Balaban J connectivity index is 1.16. The highest BCUT2D eigenvalue weighted by Crippen LogP contribution is 2.35. The van der Waals surface area contributed by atoms with E-state index in [0.29, 0.717) is 22.9 Å². The molecule has 3 aromatic rings. The number of aromatic nitrogens is 1. The molecule has 3 aliphatic heterocycles. The highest BCUT2D eigenvalue weighted by Gasteiger charge is 2.52. The molecule has 45 heavy (non-hydrogen) atoms. The molecule has 6 rings (SSSR count). The lowest BCUT2D eigenvalue weighted by Gasteiger charge is -2.41. The predicted molar refractivity (Wildman–Crippen MR) is 164 cm³/mol. The van der Waals surface area contributed by atoms with Gasteiger partial charge in [-0.05, 0) is 54.7 Å². The van der Waals surface area contributed by atoms with Crippen molar-refractivity contribution in [3.05, 3.63) is 65.6 Å². The summed E-state index contributed by atoms with van der Waals surface area (Å²) in [6.45, 7) is 8.09. The van der Waals surface area contributed by atoms with Crippen LogP contribution in [0.2, 0.25) is 0 Å². The summed E-state index contributed by atoms with van der Waals surface area (Å²) in [5.41, 5.74) is 0.794. The Hall–Kier alpha value is -3.81. The molecule has 4 atom stereocenters. The maximum atomic E-state index is 14.0. The summed E-state index contributed by atoms with van der Waals surface area (Å²) >= 11 is 0. The lowest BCUT2D eigenvalue weighted by atomic mass is 9.85. The number of H-pyrrole nitrogens is 1. The number of likely N-dealkylation sites (tertiary alicyclic amines) is 2. The monoisotopic (exact) mass is 639 g/mol. The number of piperazine rings is 1. The molecule has 3 amide bonds. The highest BCUT2D eigenvalue weighted by atomic mass is 32.2. The molecule has 3 saturated heterocycles. The minimum atomic E-state index is -3.95. The molecule has 1 aromatic heterocycles. The van der Waals surface area contributed by atoms with Gasteiger partial charge in [-0.15, -0.1) is 0 Å². The quantitative estimate of drug-likeness (QED) is 0.427. The predicted octanol–water partition coefficient (Wildman–Crippen LogP) is 2.66. The first-order chi connectivity index (χ1) is 21.3. The van der Waals surface area contributed by atoms with E-state index in [1.54, 1.807) is 53.1 Å². The lowest BCUT2D eigenvalue weighted by molar-refractivity contribution is -0.146. The van der Waals surface area contributed by atoms with Crippen molar-refractivity contribution >= 4 is 38.6 Å². The number of sulfonamides is 1. The number of fused-ring (bicyclic) bond motifs is 3. The van der Waals surface area contributed by atoms with Gasteiger partial charge in [-0.3, -0.25) is 14.4 Å². The van der Waals surface area contributed by atoms with Gasteiger partial charge in [0, 0.05) is 30.5 Å². The van der Waals surface area contributed by atoms with E-state index in [4.69, 9.17) is 4.74 Å². The number of nitrogens with one attached hydrogen (secondary N) is 2. The molecular weight excluding hydrogens is 601 g/mol. The number of rotatable bonds is 6. The van der Waals surface area contributed by atoms with Crippen LogP contribution in [-0.2, 0) is 24.3 Å². The van der Waals surface area contributed by atoms with Gasteiger partial charge in [-0.1, -0.05) is 39.0 Å². The smallest absolute Gasteiger partial charge is 0.268 e. The van der Waals surface area contributed by atoms with E-state index >= 15 is 0 Å². The Bertz CT molecular complexity index is 1770. The average Bonchev–Trinajstić information content (AvgIpc) is 3.73. The van der Waals surface area contributed by atoms with Crippen LogP contribution in [0.5, 0.6) is 0 Å². The second-order valence-electron chi connectivity index (χ2n) is 13.2. The van der Waals surface area contributed by atoms with Crippen LogP contribution < -0.4 is 5.32 Å². The van der Waals surface area contributed by atoms with Crippen molar-refractivity contribution in [1.29, 1.82) is 0 Å². The average molecular weight is 640 g/mol. The molecule has 2 N–H and O–H groups in total. The number of ether oxygens (including phenoxy) is 1. The Kier molecular flexibility index (Phi) is 7.99. The van der Waals surface area contributed by atoms with Gasteiger partial charge in [-0.2, -0.15) is 4.31 Å². The first-order valence-corrected chi connectivity index (χ1v) is 16.5. The first-order valence-electron chi connectivity index (χ1n) is 15.1. The molecule has 2 aromatic carbocycles. The van der Waals surface area contributed by atoms with Crippen molar-refractivity contribution in [1.82, 2.24) is 24.4 Å². The summed E-state index contributed by atoms with van der Waals surface area (Å²) in [6, 6.07) is 10.0. The van der Waals surface area contributed by atoms with Crippen LogP contribution in [-0.4, -0.2) is 102 Å². The molecule has 0 saturated carbocycles. The maximum absolute atomic E-state index is 14.0. The molecular formula is C32H38FN5O6S. The fourth-order valence-electron chi connectivity index (χ4n) is 6.69. The Labute approximate surface area is 261 Å². The number of nitrogens with zero attached hydrogens (tertiary/aromatic N) is 3. The molecule has 0 aliphatic carbocycles. The van der Waals surface area contributed by atoms with Crippen molar-refractivity contribution in [3.8, 4) is 0 Å². The van der Waals surface area contributed by atoms with Gasteiger partial charge in [0.2, 0.25) is 21.8 Å². The van der Waals surface area contributed by atoms with E-state index in [9.17, 15) is 27.2 Å². The molecule has 2 bridgehead atoms. The fraction of sp³-hybridized carbons (Fsp3) is 0.469. The third-order valence-corrected chi connectivity index (χ3v) is 11.1. The zero-order valence-corrected chi connectivity index (χ0v) is 26.6. The van der Waals surface area contributed by atoms with E-state index < -0.39 is 39.2 Å². The Morgan fingerprint density at radius 3 is 2.44 bits per heavy atom. The molecule has 11 nitrogen and oxygen atoms in total. The summed E-state index contributed by atoms with van der Waals surface area (Å²) in [4.78, 5) is 47.7. The Morgan fingerprint density at radius 1 is 1.04 bits per heavy atom. The molecule has 240 valence electrons. The van der Waals surface area contributed by atoms with Crippen LogP contribution >= 0.6 is 0 Å². The Morgan fingerprint density at radius 2 is 1.76 bits per heavy atom. The topological polar surface area (TPSA) is 132 Å². The van der Waals surface area contributed by atoms with E-state index in [-0.39, 0.29) is 67.3 Å². The zero-order valence-electron chi connectivity index (χ0n) is 25.7. The minimum absolute atomic E-state index is 0.0427. The number of halogens is 1. The molecule has 4 heterocycles. The van der Waals surface area contributed by atoms with Crippen LogP contribution in [0.15, 0.2) is 53.4 Å². The van der Waals surface area contributed by atoms with Crippen LogP contribution in [0, 0.1) is 18.2 Å². The van der Waals surface area contributed by atoms with Gasteiger partial charge in [-0.25, -0.2) is 12.8 Å². The van der Waals surface area contributed by atoms with Gasteiger partial charge in [0.15, 0.2) is 0 Å². The van der Waals surface area contributed by atoms with Gasteiger partial charge >= 0.3 is 0 Å². The highest BCUT2D eigenvalue weighted by molar-refractivity contribution is 7.89. The number of carbonyl (C=O) groups is 3. The van der Waals surface area contributed by atoms with Crippen molar-refractivity contribution < 1.29 is 31.9 Å². The number of carbonyl (C=O) groups excluding carboxylic acids is 3. The van der Waals surface area contributed by atoms with Gasteiger partial charge < -0.3 is 24.8 Å². The minimum Gasteiger partial charge on any atom is -0.378 e. The van der Waals surface area contributed by atoms with E-state index in [0.717, 1.165) is 0 Å². The van der Waals surface area contributed by atoms with E-state index in [1.165, 1.54) is 16.4 Å². The summed E-state index contributed by atoms with van der Waals surface area (Å²) in [7, 11) is -3.95. The standard InChI is InChI=1S/C32H38FN5O6S/c1-19-7-5-6-8-27(19)45(42,43)38-11-12-44-18-26(38)30(40)36-16-23-15-22(36)17-37(23)31(41)28(32(2,3)4)35-29(39)25-14-20-13-21(33)9-10-24(20)34-25/h5-10,13-14,22-23,26,28,34H,11-12,15-18H2,1-4H3,(H,35,39)/t22-,23-,26+,28?/m0/s1. The van der Waals surface area contributed by atoms with Crippen molar-refractivity contribution in [2.45, 2.75) is 63.2 Å². The molecule has 0 spiro atoms. The lowest BCUT2D eigenvalue weighted by Crippen LogP contribution is -2.62. The fourth-order valence-corrected chi connectivity index (χ4v) is 8.47. The number of aryl methyl sites for hydroxylation is 1. The maximum Gasteiger partial charge on any atom is 0.268 e. The molecule has 1 unspecified atom stereocenters. The van der Waals surface area contributed by atoms with Gasteiger partial charge in [0.1, 0.15) is 23.6 Å². The number of benzene rings is 2. The zero-order chi connectivity index (χ0) is 32.3. The molecule has 13 heteroatoms. The van der Waals surface area contributed by atoms with Crippen molar-refractivity contribution in [2.24, 2.45) is 5.41 Å². The summed E-state index contributed by atoms with van der Waals surface area (Å²) in [5.74, 6) is -1.47. The summed E-state index contributed by atoms with van der Waals surface area (Å²) in [6.07, 6.45) is 0.563. The SMILES string of the molecule is Cc1ccccc1S(=O)(=O)N1CCOC[C@@H]1C(=O)N1C[C@@H]2C[C@H]1CN2C(=O)C(NC(=O)c1cc2cc(F)ccc2[nH]1)C(C)(C)C. The van der Waals surface area contributed by atoms with Crippen molar-refractivity contribution in [2.75, 3.05) is 32.8 Å². The van der Waals surface area contributed by atoms with E-state index in [2.05, 4.69) is 10.3 Å². The van der Waals surface area contributed by atoms with Crippen molar-refractivity contribution in [3.63, 3.8) is 0 Å². The second kappa shape index (κ2) is 11.5. The van der Waals surface area contributed by atoms with E-state index in [1.807, 2.05) is 20.8 Å². The number of aromatic amines is 1. The molecule has 0 radical (unpaired) electrons. The summed E-state index contributed by atoms with van der Waals surface area (Å²) in [5, 5.41) is 3.44. The molecule has 3 aliphatic rings. The van der Waals surface area contributed by atoms with Gasteiger partial charge in [0.05, 0.1) is 30.2 Å². The van der Waals surface area contributed by atoms with Crippen LogP contribution in [0.3, 0.4) is 0 Å². The van der Waals surface area contributed by atoms with Crippen LogP contribution in [0.1, 0.15) is 43.2 Å². The largest absolute Gasteiger partial charge is 0.378 e. The normalized spacial score (nSPS) is 23.0. The summed E-state index contributed by atoms with van der Waals surface area (Å²) < 4.78 is 47.8. The second-order valence-corrected chi connectivity index (χ2v) is 15.0. The number of morpholine rings is 1. The third-order valence-electron chi connectivity index (χ3n) is 9.07. The first kappa shape index (κ1) is 31.2. The van der Waals surface area contributed by atoms with Gasteiger partial charge in [0.25, 0.3) is 5.91 Å². The number of hydrogen-bond donors (Lipinski definition) is 2. The van der Waals surface area contributed by atoms with Crippen LogP contribution in [0.25, 0.3) is 10.9 Å². The van der Waals surface area contributed by atoms with Crippen LogP contribution in [0.4, 0.5) is 4.39 Å². The number of hydrogen-bond acceptors (Lipinski definition) is 6. The third kappa shape index (κ3) is 5.72. The molecule has 3 fully saturated rings.